The maximum Gasteiger partial charge on any atom is 0.124 e. The zero-order valence-corrected chi connectivity index (χ0v) is 11.0. The first-order valence-electron chi connectivity index (χ1n) is 4.83. The van der Waals surface area contributed by atoms with Gasteiger partial charge < -0.3 is 11.1 Å². The van der Waals surface area contributed by atoms with Gasteiger partial charge in [0.1, 0.15) is 5.82 Å². The van der Waals surface area contributed by atoms with Crippen LogP contribution in [0.3, 0.4) is 0 Å². The van der Waals surface area contributed by atoms with Gasteiger partial charge in [-0.2, -0.15) is 0 Å². The van der Waals surface area contributed by atoms with Crippen LogP contribution in [0.4, 0.5) is 21.5 Å². The zero-order chi connectivity index (χ0) is 12.4. The highest BCUT2D eigenvalue weighted by atomic mass is 79.9. The predicted octanol–water partition coefficient (Wildman–Crippen LogP) is 4.57. The molecule has 0 saturated heterocycles. The third-order valence-corrected chi connectivity index (χ3v) is 3.02. The maximum absolute atomic E-state index is 12.9. The first-order chi connectivity index (χ1) is 8.06. The van der Waals surface area contributed by atoms with Gasteiger partial charge in [-0.05, 0) is 36.4 Å². The van der Waals surface area contributed by atoms with Crippen molar-refractivity contribution in [2.24, 2.45) is 0 Å². The Bertz CT molecular complexity index is 511. The molecule has 0 amide bonds. The minimum atomic E-state index is -0.371. The molecule has 17 heavy (non-hydrogen) atoms. The summed E-state index contributed by atoms with van der Waals surface area (Å²) in [5, 5.41) is 3.36. The molecule has 2 aromatic rings. The Labute approximate surface area is 112 Å². The van der Waals surface area contributed by atoms with Gasteiger partial charge in [-0.1, -0.05) is 27.5 Å². The van der Waals surface area contributed by atoms with Gasteiger partial charge in [0, 0.05) is 4.47 Å². The second kappa shape index (κ2) is 4.94. The highest BCUT2D eigenvalue weighted by Crippen LogP contribution is 2.30. The molecule has 0 heterocycles. The summed E-state index contributed by atoms with van der Waals surface area (Å²) in [6.07, 6.45) is 0. The van der Waals surface area contributed by atoms with Crippen molar-refractivity contribution in [3.63, 3.8) is 0 Å². The maximum atomic E-state index is 12.9. The van der Waals surface area contributed by atoms with Crippen LogP contribution in [-0.2, 0) is 0 Å². The molecule has 0 aromatic heterocycles. The van der Waals surface area contributed by atoms with Gasteiger partial charge in [-0.15, -0.1) is 0 Å². The van der Waals surface area contributed by atoms with E-state index in [0.717, 1.165) is 10.2 Å². The SMILES string of the molecule is Nc1cc(Br)ccc1Nc1ccc(F)cc1Cl. The van der Waals surface area contributed by atoms with E-state index in [4.69, 9.17) is 17.3 Å². The standard InChI is InChI=1S/C12H9BrClFN2/c13-7-1-3-12(10(16)5-7)17-11-4-2-8(15)6-9(11)14/h1-6,17H,16H2. The Morgan fingerprint density at radius 3 is 2.47 bits per heavy atom. The largest absolute Gasteiger partial charge is 0.397 e. The molecule has 0 aliphatic carbocycles. The van der Waals surface area contributed by atoms with E-state index in [0.29, 0.717) is 16.4 Å². The zero-order valence-electron chi connectivity index (χ0n) is 8.68. The van der Waals surface area contributed by atoms with Crippen LogP contribution >= 0.6 is 27.5 Å². The number of hydrogen-bond acceptors (Lipinski definition) is 2. The van der Waals surface area contributed by atoms with E-state index in [-0.39, 0.29) is 5.82 Å². The molecular weight excluding hydrogens is 307 g/mol. The van der Waals surface area contributed by atoms with Crippen molar-refractivity contribution in [2.75, 3.05) is 11.1 Å². The van der Waals surface area contributed by atoms with Crippen molar-refractivity contribution in [1.82, 2.24) is 0 Å². The van der Waals surface area contributed by atoms with Gasteiger partial charge in [0.25, 0.3) is 0 Å². The van der Waals surface area contributed by atoms with Crippen molar-refractivity contribution in [1.29, 1.82) is 0 Å². The van der Waals surface area contributed by atoms with Gasteiger partial charge >= 0.3 is 0 Å². The quantitative estimate of drug-likeness (QED) is 0.797. The minimum Gasteiger partial charge on any atom is -0.397 e. The number of hydrogen-bond donors (Lipinski definition) is 2. The molecule has 2 rings (SSSR count). The van der Waals surface area contributed by atoms with Crippen molar-refractivity contribution < 1.29 is 4.39 Å². The lowest BCUT2D eigenvalue weighted by atomic mass is 10.2. The number of benzene rings is 2. The van der Waals surface area contributed by atoms with E-state index in [9.17, 15) is 4.39 Å². The molecule has 0 aliphatic rings. The van der Waals surface area contributed by atoms with E-state index < -0.39 is 0 Å². The van der Waals surface area contributed by atoms with E-state index in [1.807, 2.05) is 12.1 Å². The fourth-order valence-corrected chi connectivity index (χ4v) is 1.98. The van der Waals surface area contributed by atoms with Crippen LogP contribution < -0.4 is 11.1 Å². The normalized spacial score (nSPS) is 10.3. The molecule has 0 spiro atoms. The molecule has 2 nitrogen and oxygen atoms in total. The summed E-state index contributed by atoms with van der Waals surface area (Å²) >= 11 is 9.23. The molecule has 88 valence electrons. The van der Waals surface area contributed by atoms with Crippen LogP contribution in [0.1, 0.15) is 0 Å². The molecule has 3 N–H and O–H groups in total. The third kappa shape index (κ3) is 2.90. The summed E-state index contributed by atoms with van der Waals surface area (Å²) in [6, 6.07) is 9.61. The van der Waals surface area contributed by atoms with Crippen molar-refractivity contribution in [2.45, 2.75) is 0 Å². The van der Waals surface area contributed by atoms with E-state index in [1.165, 1.54) is 12.1 Å². The first-order valence-corrected chi connectivity index (χ1v) is 6.00. The predicted molar refractivity (Wildman–Crippen MR) is 73.2 cm³/mol. The molecule has 0 radical (unpaired) electrons. The van der Waals surface area contributed by atoms with E-state index in [2.05, 4.69) is 21.2 Å². The average molecular weight is 316 g/mol. The smallest absolute Gasteiger partial charge is 0.124 e. The molecule has 0 aliphatic heterocycles. The number of halogens is 3. The molecular formula is C12H9BrClFN2. The fraction of sp³-hybridized carbons (Fsp3) is 0. The molecule has 5 heteroatoms. The van der Waals surface area contributed by atoms with E-state index >= 15 is 0 Å². The highest BCUT2D eigenvalue weighted by molar-refractivity contribution is 9.10. The lowest BCUT2D eigenvalue weighted by molar-refractivity contribution is 0.628. The molecule has 2 aromatic carbocycles. The van der Waals surface area contributed by atoms with Crippen LogP contribution in [0.15, 0.2) is 40.9 Å². The number of nitrogens with one attached hydrogen (secondary N) is 1. The number of rotatable bonds is 2. The number of nitrogens with two attached hydrogens (primary N) is 1. The van der Waals surface area contributed by atoms with E-state index in [1.54, 1.807) is 12.1 Å². The summed E-state index contributed by atoms with van der Waals surface area (Å²) in [5.41, 5.74) is 7.76. The van der Waals surface area contributed by atoms with Crippen LogP contribution in [0.2, 0.25) is 5.02 Å². The van der Waals surface area contributed by atoms with Gasteiger partial charge in [0.15, 0.2) is 0 Å². The highest BCUT2D eigenvalue weighted by Gasteiger charge is 2.04. The van der Waals surface area contributed by atoms with Crippen LogP contribution in [-0.4, -0.2) is 0 Å². The summed E-state index contributed by atoms with van der Waals surface area (Å²) in [5.74, 6) is -0.371. The first kappa shape index (κ1) is 12.2. The summed E-state index contributed by atoms with van der Waals surface area (Å²) in [7, 11) is 0. The van der Waals surface area contributed by atoms with Gasteiger partial charge in [0.2, 0.25) is 0 Å². The fourth-order valence-electron chi connectivity index (χ4n) is 1.38. The van der Waals surface area contributed by atoms with Gasteiger partial charge in [-0.3, -0.25) is 0 Å². The van der Waals surface area contributed by atoms with Crippen molar-refractivity contribution in [3.05, 3.63) is 51.7 Å². The Morgan fingerprint density at radius 1 is 1.12 bits per heavy atom. The number of nitrogen functional groups attached to an aromatic ring is 1. The van der Waals surface area contributed by atoms with Crippen molar-refractivity contribution in [3.8, 4) is 0 Å². The van der Waals surface area contributed by atoms with Crippen LogP contribution in [0, 0.1) is 5.82 Å². The molecule has 0 unspecified atom stereocenters. The molecule has 0 saturated carbocycles. The third-order valence-electron chi connectivity index (χ3n) is 2.21. The van der Waals surface area contributed by atoms with Crippen LogP contribution in [0.25, 0.3) is 0 Å². The number of anilines is 3. The second-order valence-electron chi connectivity index (χ2n) is 3.48. The summed E-state index contributed by atoms with van der Waals surface area (Å²) in [4.78, 5) is 0. The molecule has 0 atom stereocenters. The Hall–Kier alpha value is -1.26. The topological polar surface area (TPSA) is 38.0 Å². The summed E-state index contributed by atoms with van der Waals surface area (Å²) < 4.78 is 13.8. The Morgan fingerprint density at radius 2 is 1.82 bits per heavy atom. The Balaban J connectivity index is 2.31. The lowest BCUT2D eigenvalue weighted by Gasteiger charge is -2.11. The van der Waals surface area contributed by atoms with Gasteiger partial charge in [-0.25, -0.2) is 4.39 Å². The van der Waals surface area contributed by atoms with Gasteiger partial charge in [0.05, 0.1) is 22.1 Å². The molecule has 0 bridgehead atoms. The lowest BCUT2D eigenvalue weighted by Crippen LogP contribution is -1.96. The Kier molecular flexibility index (Phi) is 3.54. The average Bonchev–Trinajstić information content (AvgIpc) is 2.25. The minimum absolute atomic E-state index is 0.312. The summed E-state index contributed by atoms with van der Waals surface area (Å²) in [6.45, 7) is 0. The monoisotopic (exact) mass is 314 g/mol. The second-order valence-corrected chi connectivity index (χ2v) is 4.80. The molecule has 0 fully saturated rings. The van der Waals surface area contributed by atoms with Crippen molar-refractivity contribution >= 4 is 44.6 Å². The van der Waals surface area contributed by atoms with Crippen LogP contribution in [0.5, 0.6) is 0 Å².